The third-order valence-electron chi connectivity index (χ3n) is 5.35. The molecule has 0 saturated carbocycles. The third-order valence-corrected chi connectivity index (χ3v) is 5.35. The van der Waals surface area contributed by atoms with Crippen molar-refractivity contribution in [3.63, 3.8) is 0 Å². The van der Waals surface area contributed by atoms with Gasteiger partial charge in [0, 0.05) is 31.5 Å². The number of hydrogen-bond donors (Lipinski definition) is 0. The van der Waals surface area contributed by atoms with E-state index in [0.717, 1.165) is 25.6 Å². The highest BCUT2D eigenvalue weighted by Gasteiger charge is 2.31. The van der Waals surface area contributed by atoms with Gasteiger partial charge in [0.25, 0.3) is 0 Å². The Morgan fingerprint density at radius 3 is 2.57 bits per heavy atom. The molecule has 2 nitrogen and oxygen atoms in total. The van der Waals surface area contributed by atoms with Crippen LogP contribution in [0.1, 0.15) is 40.4 Å². The molecule has 1 aliphatic heterocycles. The van der Waals surface area contributed by atoms with Crippen LogP contribution in [-0.2, 0) is 19.3 Å². The van der Waals surface area contributed by atoms with Crippen molar-refractivity contribution in [2.24, 2.45) is 0 Å². The first-order valence-electron chi connectivity index (χ1n) is 9.53. The fraction of sp³-hybridized carbons (Fsp3) is 0.304. The van der Waals surface area contributed by atoms with Gasteiger partial charge in [0.05, 0.1) is 11.6 Å². The van der Waals surface area contributed by atoms with E-state index in [-0.39, 0.29) is 6.04 Å². The average Bonchev–Trinajstić information content (AvgIpc) is 3.03. The lowest BCUT2D eigenvalue weighted by Gasteiger charge is -2.31. The fourth-order valence-corrected chi connectivity index (χ4v) is 4.11. The van der Waals surface area contributed by atoms with Crippen LogP contribution >= 0.6 is 0 Å². The first-order valence-corrected chi connectivity index (χ1v) is 9.53. The molecule has 0 fully saturated rings. The average molecular weight is 384 g/mol. The number of benzene rings is 2. The zero-order chi connectivity index (χ0) is 19.7. The summed E-state index contributed by atoms with van der Waals surface area (Å²) in [7, 11) is 0. The second kappa shape index (κ2) is 7.47. The first kappa shape index (κ1) is 18.8. The van der Waals surface area contributed by atoms with Crippen molar-refractivity contribution in [1.29, 1.82) is 0 Å². The van der Waals surface area contributed by atoms with Crippen molar-refractivity contribution < 1.29 is 13.2 Å². The van der Waals surface area contributed by atoms with Gasteiger partial charge in [-0.15, -0.1) is 0 Å². The van der Waals surface area contributed by atoms with Gasteiger partial charge in [0.15, 0.2) is 0 Å². The molecular formula is C23H23F3N2. The highest BCUT2D eigenvalue weighted by molar-refractivity contribution is 5.33. The van der Waals surface area contributed by atoms with Crippen LogP contribution in [0.2, 0.25) is 0 Å². The summed E-state index contributed by atoms with van der Waals surface area (Å²) in [5.74, 6) is 0. The van der Waals surface area contributed by atoms with Crippen molar-refractivity contribution in [1.82, 2.24) is 9.47 Å². The standard InChI is InChI=1S/C23H23F3N2/c1-17-6-2-8-19(14-17)22-21-10-4-11-27(21)12-5-13-28(22)16-18-7-3-9-20(15-18)23(24,25)26/h2-4,6-11,14-15,22H,5,12-13,16H2,1H3/t22-/m1/s1. The number of nitrogens with zero attached hydrogens (tertiary/aromatic N) is 2. The minimum atomic E-state index is -4.32. The van der Waals surface area contributed by atoms with Gasteiger partial charge in [-0.25, -0.2) is 0 Å². The molecule has 1 aliphatic rings. The molecule has 146 valence electrons. The van der Waals surface area contributed by atoms with Gasteiger partial charge < -0.3 is 4.57 Å². The Morgan fingerprint density at radius 2 is 1.79 bits per heavy atom. The van der Waals surface area contributed by atoms with Gasteiger partial charge in [0.2, 0.25) is 0 Å². The summed E-state index contributed by atoms with van der Waals surface area (Å²) < 4.78 is 41.7. The van der Waals surface area contributed by atoms with Crippen LogP contribution in [0.5, 0.6) is 0 Å². The quantitative estimate of drug-likeness (QED) is 0.553. The molecule has 0 aliphatic carbocycles. The van der Waals surface area contributed by atoms with Crippen LogP contribution < -0.4 is 0 Å². The Hall–Kier alpha value is -2.53. The van der Waals surface area contributed by atoms with Crippen LogP contribution in [0.4, 0.5) is 13.2 Å². The number of alkyl halides is 3. The van der Waals surface area contributed by atoms with Gasteiger partial charge >= 0.3 is 6.18 Å². The molecule has 0 unspecified atom stereocenters. The molecule has 0 spiro atoms. The zero-order valence-electron chi connectivity index (χ0n) is 15.8. The maximum absolute atomic E-state index is 13.1. The topological polar surface area (TPSA) is 8.17 Å². The Morgan fingerprint density at radius 1 is 0.964 bits per heavy atom. The molecule has 0 amide bonds. The van der Waals surface area contributed by atoms with Crippen molar-refractivity contribution in [2.75, 3.05) is 6.54 Å². The minimum Gasteiger partial charge on any atom is -0.350 e. The Kier molecular flexibility index (Phi) is 5.02. The summed E-state index contributed by atoms with van der Waals surface area (Å²) in [5, 5.41) is 0. The molecule has 0 radical (unpaired) electrons. The van der Waals surface area contributed by atoms with E-state index in [0.29, 0.717) is 12.1 Å². The van der Waals surface area contributed by atoms with Crippen LogP contribution in [0.15, 0.2) is 66.9 Å². The largest absolute Gasteiger partial charge is 0.416 e. The highest BCUT2D eigenvalue weighted by Crippen LogP contribution is 2.34. The van der Waals surface area contributed by atoms with E-state index in [1.54, 1.807) is 6.07 Å². The number of aromatic nitrogens is 1. The monoisotopic (exact) mass is 384 g/mol. The van der Waals surface area contributed by atoms with Crippen LogP contribution in [0.3, 0.4) is 0 Å². The maximum atomic E-state index is 13.1. The van der Waals surface area contributed by atoms with Crippen molar-refractivity contribution in [3.05, 3.63) is 94.8 Å². The van der Waals surface area contributed by atoms with E-state index in [9.17, 15) is 13.2 Å². The molecule has 3 aromatic rings. The number of rotatable bonds is 3. The van der Waals surface area contributed by atoms with E-state index in [4.69, 9.17) is 0 Å². The zero-order valence-corrected chi connectivity index (χ0v) is 15.8. The molecule has 0 saturated heterocycles. The fourth-order valence-electron chi connectivity index (χ4n) is 4.11. The Balaban J connectivity index is 1.72. The maximum Gasteiger partial charge on any atom is 0.416 e. The van der Waals surface area contributed by atoms with Gasteiger partial charge in [-0.3, -0.25) is 4.90 Å². The van der Waals surface area contributed by atoms with Crippen LogP contribution in [-0.4, -0.2) is 16.0 Å². The number of hydrogen-bond acceptors (Lipinski definition) is 1. The van der Waals surface area contributed by atoms with Crippen molar-refractivity contribution in [2.45, 2.75) is 38.7 Å². The smallest absolute Gasteiger partial charge is 0.350 e. The molecule has 0 N–H and O–H groups in total. The predicted molar refractivity (Wildman–Crippen MR) is 104 cm³/mol. The highest BCUT2D eigenvalue weighted by atomic mass is 19.4. The van der Waals surface area contributed by atoms with Crippen LogP contribution in [0, 0.1) is 6.92 Å². The van der Waals surface area contributed by atoms with Gasteiger partial charge in [0.1, 0.15) is 0 Å². The number of halogens is 3. The second-order valence-corrected chi connectivity index (χ2v) is 7.47. The summed E-state index contributed by atoms with van der Waals surface area (Å²) >= 11 is 0. The van der Waals surface area contributed by atoms with E-state index < -0.39 is 11.7 Å². The number of fused-ring (bicyclic) bond motifs is 1. The third kappa shape index (κ3) is 3.85. The van der Waals surface area contributed by atoms with Gasteiger partial charge in [-0.1, -0.05) is 48.0 Å². The number of aryl methyl sites for hydroxylation is 2. The molecule has 28 heavy (non-hydrogen) atoms. The molecule has 1 aromatic heterocycles. The van der Waals surface area contributed by atoms with E-state index in [1.807, 2.05) is 12.1 Å². The minimum absolute atomic E-state index is 0.0203. The lowest BCUT2D eigenvalue weighted by Crippen LogP contribution is -2.29. The first-order chi connectivity index (χ1) is 13.4. The molecule has 5 heteroatoms. The van der Waals surface area contributed by atoms with Crippen molar-refractivity contribution in [3.8, 4) is 0 Å². The summed E-state index contributed by atoms with van der Waals surface area (Å²) in [6, 6.07) is 18.3. The predicted octanol–water partition coefficient (Wildman–Crippen LogP) is 5.81. The molecule has 4 rings (SSSR count). The summed E-state index contributed by atoms with van der Waals surface area (Å²) in [6.07, 6.45) is -1.27. The van der Waals surface area contributed by atoms with Gasteiger partial charge in [-0.2, -0.15) is 13.2 Å². The summed E-state index contributed by atoms with van der Waals surface area (Å²) in [4.78, 5) is 2.29. The lowest BCUT2D eigenvalue weighted by molar-refractivity contribution is -0.137. The molecule has 2 aromatic carbocycles. The molecular weight excluding hydrogens is 361 g/mol. The van der Waals surface area contributed by atoms with E-state index in [2.05, 4.69) is 46.9 Å². The second-order valence-electron chi connectivity index (χ2n) is 7.47. The molecule has 0 bridgehead atoms. The lowest BCUT2D eigenvalue weighted by atomic mass is 9.99. The summed E-state index contributed by atoms with van der Waals surface area (Å²) in [5.41, 5.74) is 3.64. The van der Waals surface area contributed by atoms with E-state index in [1.165, 1.54) is 29.0 Å². The normalized spacial score (nSPS) is 17.9. The SMILES string of the molecule is Cc1cccc([C@@H]2c3cccn3CCCN2Cc2cccc(C(F)(F)F)c2)c1. The van der Waals surface area contributed by atoms with Crippen LogP contribution in [0.25, 0.3) is 0 Å². The van der Waals surface area contributed by atoms with E-state index >= 15 is 0 Å². The molecule has 2 heterocycles. The van der Waals surface area contributed by atoms with Gasteiger partial charge in [-0.05, 0) is 42.7 Å². The summed E-state index contributed by atoms with van der Waals surface area (Å²) in [6.45, 7) is 4.30. The molecule has 1 atom stereocenters. The van der Waals surface area contributed by atoms with Crippen molar-refractivity contribution >= 4 is 0 Å². The Bertz CT molecular complexity index is 958. The Labute approximate surface area is 163 Å².